The second-order valence-electron chi connectivity index (χ2n) is 8.03. The topological polar surface area (TPSA) is 61.9 Å². The standard InChI is InChI=1S/C21H29N3O3/c1-27-16-6-7-19-17(12-16)18(13-20(25)22-19)21(26)24-10-8-23(9-11-24)14-15-4-2-3-5-15/h6-7,12,15,18H,2-5,8-11,13-14H2,1H3,(H,22,25). The third-order valence-electron chi connectivity index (χ3n) is 6.27. The van der Waals surface area contributed by atoms with Gasteiger partial charge in [0.1, 0.15) is 5.75 Å². The number of methoxy groups -OCH3 is 1. The number of hydrogen-bond acceptors (Lipinski definition) is 4. The van der Waals surface area contributed by atoms with Gasteiger partial charge < -0.3 is 15.0 Å². The predicted molar refractivity (Wildman–Crippen MR) is 104 cm³/mol. The van der Waals surface area contributed by atoms with Gasteiger partial charge in [-0.2, -0.15) is 0 Å². The van der Waals surface area contributed by atoms with Crippen LogP contribution in [0.1, 0.15) is 43.6 Å². The summed E-state index contributed by atoms with van der Waals surface area (Å²) in [6, 6.07) is 5.52. The zero-order chi connectivity index (χ0) is 18.8. The Hall–Kier alpha value is -2.08. The van der Waals surface area contributed by atoms with Gasteiger partial charge in [-0.3, -0.25) is 14.5 Å². The van der Waals surface area contributed by atoms with Crippen molar-refractivity contribution in [3.8, 4) is 5.75 Å². The van der Waals surface area contributed by atoms with Gasteiger partial charge in [-0.05, 0) is 42.5 Å². The van der Waals surface area contributed by atoms with E-state index >= 15 is 0 Å². The van der Waals surface area contributed by atoms with Gasteiger partial charge in [0.25, 0.3) is 0 Å². The maximum atomic E-state index is 13.2. The zero-order valence-electron chi connectivity index (χ0n) is 16.1. The van der Waals surface area contributed by atoms with Gasteiger partial charge in [-0.25, -0.2) is 0 Å². The number of rotatable bonds is 4. The van der Waals surface area contributed by atoms with E-state index in [2.05, 4.69) is 10.2 Å². The average Bonchev–Trinajstić information content (AvgIpc) is 3.20. The number of nitrogens with zero attached hydrogens (tertiary/aromatic N) is 2. The summed E-state index contributed by atoms with van der Waals surface area (Å²) >= 11 is 0. The van der Waals surface area contributed by atoms with Crippen molar-refractivity contribution in [1.29, 1.82) is 0 Å². The Labute approximate surface area is 160 Å². The first-order valence-corrected chi connectivity index (χ1v) is 10.1. The highest BCUT2D eigenvalue weighted by molar-refractivity contribution is 6.01. The molecule has 2 heterocycles. The van der Waals surface area contributed by atoms with Crippen molar-refractivity contribution >= 4 is 17.5 Å². The van der Waals surface area contributed by atoms with Gasteiger partial charge in [0, 0.05) is 44.8 Å². The fourth-order valence-electron chi connectivity index (χ4n) is 4.72. The molecule has 2 fully saturated rings. The number of nitrogens with one attached hydrogen (secondary N) is 1. The third kappa shape index (κ3) is 3.95. The molecule has 1 atom stereocenters. The van der Waals surface area contributed by atoms with Crippen LogP contribution in [0.15, 0.2) is 18.2 Å². The van der Waals surface area contributed by atoms with Crippen LogP contribution in [0.3, 0.4) is 0 Å². The zero-order valence-corrected chi connectivity index (χ0v) is 16.1. The Kier molecular flexibility index (Phi) is 5.34. The van der Waals surface area contributed by atoms with Crippen LogP contribution in [-0.4, -0.2) is 61.4 Å². The van der Waals surface area contributed by atoms with Crippen LogP contribution in [0.4, 0.5) is 5.69 Å². The minimum absolute atomic E-state index is 0.0693. The molecule has 27 heavy (non-hydrogen) atoms. The lowest BCUT2D eigenvalue weighted by atomic mass is 9.89. The summed E-state index contributed by atoms with van der Waals surface area (Å²) in [6.07, 6.45) is 5.66. The number of ether oxygens (including phenoxy) is 1. The lowest BCUT2D eigenvalue weighted by Gasteiger charge is -2.38. The van der Waals surface area contributed by atoms with E-state index in [0.29, 0.717) is 5.75 Å². The van der Waals surface area contributed by atoms with E-state index in [1.54, 1.807) is 7.11 Å². The SMILES string of the molecule is COc1ccc2c(c1)C(C(=O)N1CCN(CC3CCCC3)CC1)CC(=O)N2. The van der Waals surface area contributed by atoms with Crippen LogP contribution < -0.4 is 10.1 Å². The molecule has 4 rings (SSSR count). The lowest BCUT2D eigenvalue weighted by molar-refractivity contribution is -0.136. The highest BCUT2D eigenvalue weighted by Crippen LogP contribution is 2.36. The Morgan fingerprint density at radius 2 is 1.93 bits per heavy atom. The van der Waals surface area contributed by atoms with E-state index in [0.717, 1.165) is 43.3 Å². The molecule has 1 N–H and O–H groups in total. The minimum Gasteiger partial charge on any atom is -0.497 e. The van der Waals surface area contributed by atoms with Gasteiger partial charge in [-0.1, -0.05) is 12.8 Å². The average molecular weight is 371 g/mol. The summed E-state index contributed by atoms with van der Waals surface area (Å²) in [7, 11) is 1.61. The molecule has 6 nitrogen and oxygen atoms in total. The van der Waals surface area contributed by atoms with E-state index in [-0.39, 0.29) is 18.2 Å². The van der Waals surface area contributed by atoms with E-state index in [1.165, 1.54) is 32.2 Å². The molecular formula is C21H29N3O3. The maximum absolute atomic E-state index is 13.2. The first-order chi connectivity index (χ1) is 13.1. The van der Waals surface area contributed by atoms with Crippen molar-refractivity contribution in [3.05, 3.63) is 23.8 Å². The van der Waals surface area contributed by atoms with E-state index in [1.807, 2.05) is 23.1 Å². The molecule has 1 saturated carbocycles. The van der Waals surface area contributed by atoms with Crippen molar-refractivity contribution in [3.63, 3.8) is 0 Å². The van der Waals surface area contributed by atoms with Crippen molar-refractivity contribution in [2.24, 2.45) is 5.92 Å². The van der Waals surface area contributed by atoms with Crippen molar-refractivity contribution in [1.82, 2.24) is 9.80 Å². The van der Waals surface area contributed by atoms with Crippen LogP contribution in [0.5, 0.6) is 5.75 Å². The van der Waals surface area contributed by atoms with Crippen molar-refractivity contribution < 1.29 is 14.3 Å². The van der Waals surface area contributed by atoms with E-state index in [4.69, 9.17) is 4.74 Å². The minimum atomic E-state index is -0.412. The number of anilines is 1. The summed E-state index contributed by atoms with van der Waals surface area (Å²) in [5, 5.41) is 2.87. The quantitative estimate of drug-likeness (QED) is 0.883. The molecule has 6 heteroatoms. The van der Waals surface area contributed by atoms with Crippen molar-refractivity contribution in [2.75, 3.05) is 45.2 Å². The molecule has 3 aliphatic rings. The molecule has 1 unspecified atom stereocenters. The Morgan fingerprint density at radius 3 is 2.63 bits per heavy atom. The maximum Gasteiger partial charge on any atom is 0.230 e. The second-order valence-corrected chi connectivity index (χ2v) is 8.03. The second kappa shape index (κ2) is 7.89. The number of fused-ring (bicyclic) bond motifs is 1. The number of carbonyl (C=O) groups excluding carboxylic acids is 2. The molecule has 0 radical (unpaired) electrons. The molecule has 2 amide bonds. The monoisotopic (exact) mass is 371 g/mol. The van der Waals surface area contributed by atoms with Crippen LogP contribution in [0.25, 0.3) is 0 Å². The molecule has 146 valence electrons. The van der Waals surface area contributed by atoms with Crippen molar-refractivity contribution in [2.45, 2.75) is 38.0 Å². The molecule has 0 bridgehead atoms. The number of carbonyl (C=O) groups is 2. The van der Waals surface area contributed by atoms with Crippen LogP contribution in [0.2, 0.25) is 0 Å². The molecule has 1 aliphatic carbocycles. The normalized spacial score (nSPS) is 23.8. The largest absolute Gasteiger partial charge is 0.497 e. The summed E-state index contributed by atoms with van der Waals surface area (Å²) in [4.78, 5) is 29.7. The smallest absolute Gasteiger partial charge is 0.230 e. The fraction of sp³-hybridized carbons (Fsp3) is 0.619. The van der Waals surface area contributed by atoms with E-state index < -0.39 is 5.92 Å². The lowest BCUT2D eigenvalue weighted by Crippen LogP contribution is -2.51. The van der Waals surface area contributed by atoms with Crippen LogP contribution in [-0.2, 0) is 9.59 Å². The summed E-state index contributed by atoms with van der Waals surface area (Å²) in [5.74, 6) is 1.12. The van der Waals surface area contributed by atoms with Gasteiger partial charge in [0.2, 0.25) is 11.8 Å². The van der Waals surface area contributed by atoms with Gasteiger partial charge in [-0.15, -0.1) is 0 Å². The van der Waals surface area contributed by atoms with E-state index in [9.17, 15) is 9.59 Å². The Bertz CT molecular complexity index is 707. The van der Waals surface area contributed by atoms with Crippen LogP contribution >= 0.6 is 0 Å². The third-order valence-corrected chi connectivity index (χ3v) is 6.27. The Balaban J connectivity index is 1.42. The molecule has 1 aromatic rings. The molecule has 0 aromatic heterocycles. The Morgan fingerprint density at radius 1 is 1.19 bits per heavy atom. The fourth-order valence-corrected chi connectivity index (χ4v) is 4.72. The molecule has 1 saturated heterocycles. The molecular weight excluding hydrogens is 342 g/mol. The van der Waals surface area contributed by atoms with Gasteiger partial charge in [0.05, 0.1) is 13.0 Å². The number of amides is 2. The first kappa shape index (κ1) is 18.3. The molecule has 1 aromatic carbocycles. The van der Waals surface area contributed by atoms with Gasteiger partial charge >= 0.3 is 0 Å². The first-order valence-electron chi connectivity index (χ1n) is 10.1. The van der Waals surface area contributed by atoms with Crippen LogP contribution in [0, 0.1) is 5.92 Å². The summed E-state index contributed by atoms with van der Waals surface area (Å²) in [6.45, 7) is 4.55. The number of hydrogen-bond donors (Lipinski definition) is 1. The number of piperazine rings is 1. The molecule has 2 aliphatic heterocycles. The highest BCUT2D eigenvalue weighted by Gasteiger charge is 2.35. The highest BCUT2D eigenvalue weighted by atomic mass is 16.5. The van der Waals surface area contributed by atoms with Gasteiger partial charge in [0.15, 0.2) is 0 Å². The number of benzene rings is 1. The summed E-state index contributed by atoms with van der Waals surface area (Å²) in [5.41, 5.74) is 1.60. The predicted octanol–water partition coefficient (Wildman–Crippen LogP) is 2.46. The molecule has 0 spiro atoms. The summed E-state index contributed by atoms with van der Waals surface area (Å²) < 4.78 is 5.31.